The molecular formula is C33H43N3O4S. The van der Waals surface area contributed by atoms with Crippen LogP contribution in [0.25, 0.3) is 0 Å². The number of amides is 2. The van der Waals surface area contributed by atoms with Crippen LogP contribution in [0.1, 0.15) is 55.9 Å². The van der Waals surface area contributed by atoms with E-state index in [9.17, 15) is 18.0 Å². The first kappa shape index (κ1) is 31.9. The summed E-state index contributed by atoms with van der Waals surface area (Å²) in [5.74, 6) is -0.420. The lowest BCUT2D eigenvalue weighted by Crippen LogP contribution is -2.54. The van der Waals surface area contributed by atoms with Gasteiger partial charge in [-0.15, -0.1) is 0 Å². The van der Waals surface area contributed by atoms with E-state index in [0.717, 1.165) is 22.3 Å². The van der Waals surface area contributed by atoms with Gasteiger partial charge in [-0.05, 0) is 69.9 Å². The summed E-state index contributed by atoms with van der Waals surface area (Å²) in [6, 6.07) is 24.1. The number of carbonyl (C=O) groups is 2. The average Bonchev–Trinajstić information content (AvgIpc) is 2.89. The highest BCUT2D eigenvalue weighted by Gasteiger charge is 2.32. The van der Waals surface area contributed by atoms with E-state index in [0.29, 0.717) is 18.5 Å². The molecule has 0 unspecified atom stereocenters. The molecule has 3 aromatic rings. The number of sulfonamides is 1. The van der Waals surface area contributed by atoms with Crippen LogP contribution in [0.2, 0.25) is 0 Å². The SMILES string of the molecule is Cc1ccc(N(CCCC(=O)N(Cc2ccccc2C)[C@H](Cc2ccccc2)C(=O)NC(C)(C)C)S(C)(=O)=O)cc1. The Balaban J connectivity index is 1.91. The molecule has 0 aromatic heterocycles. The molecule has 3 rings (SSSR count). The second-order valence-electron chi connectivity index (χ2n) is 11.7. The van der Waals surface area contributed by atoms with Crippen LogP contribution in [0.4, 0.5) is 5.69 Å². The van der Waals surface area contributed by atoms with E-state index >= 15 is 0 Å². The Morgan fingerprint density at radius 3 is 2.07 bits per heavy atom. The van der Waals surface area contributed by atoms with Gasteiger partial charge in [0.05, 0.1) is 11.9 Å². The van der Waals surface area contributed by atoms with Gasteiger partial charge in [-0.2, -0.15) is 0 Å². The number of hydrogen-bond donors (Lipinski definition) is 1. The first-order valence-corrected chi connectivity index (χ1v) is 15.8. The molecule has 0 radical (unpaired) electrons. The Morgan fingerprint density at radius 2 is 1.49 bits per heavy atom. The molecule has 7 nitrogen and oxygen atoms in total. The fourth-order valence-corrected chi connectivity index (χ4v) is 5.66. The largest absolute Gasteiger partial charge is 0.350 e. The van der Waals surface area contributed by atoms with E-state index in [1.165, 1.54) is 10.6 Å². The summed E-state index contributed by atoms with van der Waals surface area (Å²) in [6.45, 7) is 10.1. The van der Waals surface area contributed by atoms with Crippen molar-refractivity contribution in [1.29, 1.82) is 0 Å². The summed E-state index contributed by atoms with van der Waals surface area (Å²) in [5, 5.41) is 3.08. The van der Waals surface area contributed by atoms with Gasteiger partial charge in [0.15, 0.2) is 0 Å². The average molecular weight is 578 g/mol. The topological polar surface area (TPSA) is 86.8 Å². The van der Waals surface area contributed by atoms with Gasteiger partial charge >= 0.3 is 0 Å². The third-order valence-corrected chi connectivity index (χ3v) is 8.04. The van der Waals surface area contributed by atoms with E-state index in [1.807, 2.05) is 101 Å². The maximum absolute atomic E-state index is 14.0. The molecule has 1 N–H and O–H groups in total. The second-order valence-corrected chi connectivity index (χ2v) is 13.6. The molecular weight excluding hydrogens is 534 g/mol. The number of aryl methyl sites for hydroxylation is 2. The van der Waals surface area contributed by atoms with Crippen LogP contribution >= 0.6 is 0 Å². The molecule has 0 bridgehead atoms. The van der Waals surface area contributed by atoms with Crippen molar-refractivity contribution >= 4 is 27.5 Å². The molecule has 41 heavy (non-hydrogen) atoms. The van der Waals surface area contributed by atoms with Crippen molar-refractivity contribution in [1.82, 2.24) is 10.2 Å². The number of anilines is 1. The van der Waals surface area contributed by atoms with Crippen molar-refractivity contribution in [2.75, 3.05) is 17.1 Å². The van der Waals surface area contributed by atoms with Gasteiger partial charge in [0, 0.05) is 31.5 Å². The predicted octanol–water partition coefficient (Wildman–Crippen LogP) is 5.40. The lowest BCUT2D eigenvalue weighted by atomic mass is 9.99. The van der Waals surface area contributed by atoms with Gasteiger partial charge < -0.3 is 10.2 Å². The van der Waals surface area contributed by atoms with Crippen LogP contribution in [0, 0.1) is 13.8 Å². The van der Waals surface area contributed by atoms with Gasteiger partial charge in [0.1, 0.15) is 6.04 Å². The Hall–Kier alpha value is -3.65. The molecule has 0 aliphatic heterocycles. The van der Waals surface area contributed by atoms with Gasteiger partial charge in [0.25, 0.3) is 0 Å². The number of rotatable bonds is 12. The smallest absolute Gasteiger partial charge is 0.243 e. The van der Waals surface area contributed by atoms with Gasteiger partial charge in [0.2, 0.25) is 21.8 Å². The summed E-state index contributed by atoms with van der Waals surface area (Å²) < 4.78 is 26.6. The molecule has 1 atom stereocenters. The highest BCUT2D eigenvalue weighted by molar-refractivity contribution is 7.92. The van der Waals surface area contributed by atoms with Crippen molar-refractivity contribution in [2.24, 2.45) is 0 Å². The van der Waals surface area contributed by atoms with Crippen LogP contribution in [0.15, 0.2) is 78.9 Å². The molecule has 0 saturated heterocycles. The molecule has 220 valence electrons. The zero-order valence-electron chi connectivity index (χ0n) is 25.1. The minimum Gasteiger partial charge on any atom is -0.350 e. The third-order valence-electron chi connectivity index (χ3n) is 6.85. The number of carbonyl (C=O) groups excluding carboxylic acids is 2. The van der Waals surface area contributed by atoms with E-state index < -0.39 is 21.6 Å². The number of nitrogens with zero attached hydrogens (tertiary/aromatic N) is 2. The quantitative estimate of drug-likeness (QED) is 0.312. The summed E-state index contributed by atoms with van der Waals surface area (Å²) in [6.07, 6.45) is 1.94. The van der Waals surface area contributed by atoms with Crippen molar-refractivity contribution < 1.29 is 18.0 Å². The Morgan fingerprint density at radius 1 is 0.878 bits per heavy atom. The van der Waals surface area contributed by atoms with Crippen molar-refractivity contribution in [3.63, 3.8) is 0 Å². The lowest BCUT2D eigenvalue weighted by molar-refractivity contribution is -0.142. The van der Waals surface area contributed by atoms with Crippen molar-refractivity contribution in [2.45, 2.75) is 72.0 Å². The normalized spacial score (nSPS) is 12.4. The highest BCUT2D eigenvalue weighted by atomic mass is 32.2. The summed E-state index contributed by atoms with van der Waals surface area (Å²) in [5.41, 5.74) is 4.05. The van der Waals surface area contributed by atoms with Crippen LogP contribution in [0.3, 0.4) is 0 Å². The monoisotopic (exact) mass is 577 g/mol. The van der Waals surface area contributed by atoms with Crippen molar-refractivity contribution in [3.05, 3.63) is 101 Å². The number of nitrogens with one attached hydrogen (secondary N) is 1. The molecule has 0 aliphatic carbocycles. The Kier molecular flexibility index (Phi) is 10.7. The predicted molar refractivity (Wildman–Crippen MR) is 166 cm³/mol. The Labute approximate surface area is 245 Å². The fourth-order valence-electron chi connectivity index (χ4n) is 4.69. The van der Waals surface area contributed by atoms with E-state index in [4.69, 9.17) is 0 Å². The zero-order valence-corrected chi connectivity index (χ0v) is 25.9. The molecule has 2 amide bonds. The van der Waals surface area contributed by atoms with Crippen molar-refractivity contribution in [3.8, 4) is 0 Å². The molecule has 3 aromatic carbocycles. The van der Waals surface area contributed by atoms with E-state index in [1.54, 1.807) is 17.0 Å². The summed E-state index contributed by atoms with van der Waals surface area (Å²) in [4.78, 5) is 29.3. The van der Waals surface area contributed by atoms with Gasteiger partial charge in [-0.1, -0.05) is 72.3 Å². The van der Waals surface area contributed by atoms with E-state index in [2.05, 4.69) is 5.32 Å². The van der Waals surface area contributed by atoms with Gasteiger partial charge in [-0.3, -0.25) is 13.9 Å². The molecule has 0 aliphatic rings. The van der Waals surface area contributed by atoms with E-state index in [-0.39, 0.29) is 31.3 Å². The molecule has 0 spiro atoms. The molecule has 8 heteroatoms. The molecule has 0 saturated carbocycles. The van der Waals surface area contributed by atoms with Crippen LogP contribution in [-0.4, -0.2) is 49.5 Å². The number of benzene rings is 3. The van der Waals surface area contributed by atoms with Gasteiger partial charge in [-0.25, -0.2) is 8.42 Å². The third kappa shape index (κ3) is 9.74. The number of hydrogen-bond acceptors (Lipinski definition) is 4. The van der Waals surface area contributed by atoms with Crippen LogP contribution < -0.4 is 9.62 Å². The minimum absolute atomic E-state index is 0.0951. The summed E-state index contributed by atoms with van der Waals surface area (Å²) in [7, 11) is -3.55. The van der Waals surface area contributed by atoms with Crippen LogP contribution in [0.5, 0.6) is 0 Å². The standard InChI is InChI=1S/C33H43N3O4S/c1-25-18-20-29(21-19-25)36(41(6,39)40)22-12-17-31(37)35(24-28-16-11-10-13-26(28)2)30(32(38)34-33(3,4)5)23-27-14-8-7-9-15-27/h7-11,13-16,18-21,30H,12,17,22-24H2,1-6H3,(H,34,38)/t30-/m1/s1. The Bertz CT molecular complexity index is 1410. The first-order valence-electron chi connectivity index (χ1n) is 14.0. The maximum Gasteiger partial charge on any atom is 0.243 e. The lowest BCUT2D eigenvalue weighted by Gasteiger charge is -2.34. The zero-order chi connectivity index (χ0) is 30.2. The van der Waals surface area contributed by atoms with Crippen LogP contribution in [-0.2, 0) is 32.6 Å². The summed E-state index contributed by atoms with van der Waals surface area (Å²) >= 11 is 0. The second kappa shape index (κ2) is 13.8. The molecule has 0 fully saturated rings. The minimum atomic E-state index is -3.55. The maximum atomic E-state index is 14.0. The first-order chi connectivity index (χ1) is 19.2. The fraction of sp³-hybridized carbons (Fsp3) is 0.394. The molecule has 0 heterocycles. The highest BCUT2D eigenvalue weighted by Crippen LogP contribution is 2.22.